The van der Waals surface area contributed by atoms with Gasteiger partial charge in [0.15, 0.2) is 0 Å². The molecule has 0 heterocycles. The summed E-state index contributed by atoms with van der Waals surface area (Å²) in [5.41, 5.74) is 0. The molecule has 0 fully saturated rings. The molecule has 0 aliphatic carbocycles. The van der Waals surface area contributed by atoms with Gasteiger partial charge in [0.25, 0.3) is 0 Å². The second kappa shape index (κ2) is 10.2. The average Bonchev–Trinajstić information content (AvgIpc) is 2.17. The van der Waals surface area contributed by atoms with Crippen molar-refractivity contribution in [3.05, 3.63) is 0 Å². The second-order valence-electron chi connectivity index (χ2n) is 2.90. The second-order valence-corrected chi connectivity index (χ2v) is 4.48. The molecular weight excluding hydrogens is 184 g/mol. The fourth-order valence-corrected chi connectivity index (χ4v) is 2.36. The highest BCUT2D eigenvalue weighted by molar-refractivity contribution is 6.36. The Labute approximate surface area is 83.3 Å². The van der Waals surface area contributed by atoms with Crippen LogP contribution in [0.4, 0.5) is 0 Å². The van der Waals surface area contributed by atoms with Gasteiger partial charge in [-0.15, -0.1) is 0 Å². The van der Waals surface area contributed by atoms with E-state index in [9.17, 15) is 0 Å². The summed E-state index contributed by atoms with van der Waals surface area (Å²) >= 11 is 0. The van der Waals surface area contributed by atoms with E-state index in [2.05, 4.69) is 20.8 Å². The first-order valence-corrected chi connectivity index (χ1v) is 6.61. The summed E-state index contributed by atoms with van der Waals surface area (Å²) in [4.78, 5) is 0. The van der Waals surface area contributed by atoms with Crippen molar-refractivity contribution in [2.75, 3.05) is 19.8 Å². The Morgan fingerprint density at radius 3 is 1.23 bits per heavy atom. The van der Waals surface area contributed by atoms with Gasteiger partial charge in [-0.05, 0) is 19.3 Å². The topological polar surface area (TPSA) is 27.7 Å². The molecule has 4 heteroatoms. The van der Waals surface area contributed by atoms with E-state index in [1.807, 2.05) is 0 Å². The zero-order valence-electron chi connectivity index (χ0n) is 9.04. The van der Waals surface area contributed by atoms with Crippen LogP contribution in [0.2, 0.25) is 0 Å². The molecule has 3 nitrogen and oxygen atoms in total. The van der Waals surface area contributed by atoms with Crippen LogP contribution in [0.25, 0.3) is 0 Å². The molecule has 0 rings (SSSR count). The van der Waals surface area contributed by atoms with Crippen molar-refractivity contribution in [2.24, 2.45) is 0 Å². The lowest BCUT2D eigenvalue weighted by molar-refractivity contribution is 0.0933. The van der Waals surface area contributed by atoms with E-state index < -0.39 is 9.53 Å². The molecule has 0 unspecified atom stereocenters. The third-order valence-electron chi connectivity index (χ3n) is 1.37. The number of rotatable bonds is 9. The fourth-order valence-electron chi connectivity index (χ4n) is 0.787. The summed E-state index contributed by atoms with van der Waals surface area (Å²) in [7, 11) is -1.79. The minimum absolute atomic E-state index is 0.754. The van der Waals surface area contributed by atoms with Gasteiger partial charge in [-0.2, -0.15) is 0 Å². The Morgan fingerprint density at radius 1 is 0.692 bits per heavy atom. The Morgan fingerprint density at radius 2 is 1.00 bits per heavy atom. The molecule has 80 valence electrons. The maximum Gasteiger partial charge on any atom is 0.484 e. The molecular formula is C9H22O3Si. The maximum atomic E-state index is 5.49. The maximum absolute atomic E-state index is 5.49. The van der Waals surface area contributed by atoms with E-state index in [1.165, 1.54) is 0 Å². The van der Waals surface area contributed by atoms with Crippen LogP contribution in [0.5, 0.6) is 0 Å². The summed E-state index contributed by atoms with van der Waals surface area (Å²) < 4.78 is 16.5. The molecule has 0 aromatic rings. The predicted molar refractivity (Wildman–Crippen MR) is 55.9 cm³/mol. The highest BCUT2D eigenvalue weighted by Gasteiger charge is 2.13. The third-order valence-corrected chi connectivity index (χ3v) is 2.90. The van der Waals surface area contributed by atoms with Gasteiger partial charge < -0.3 is 13.3 Å². The van der Waals surface area contributed by atoms with E-state index in [0.717, 1.165) is 39.1 Å². The molecule has 0 atom stereocenters. The van der Waals surface area contributed by atoms with E-state index in [4.69, 9.17) is 13.3 Å². The fraction of sp³-hybridized carbons (Fsp3) is 1.00. The van der Waals surface area contributed by atoms with Crippen molar-refractivity contribution in [3.8, 4) is 0 Å². The van der Waals surface area contributed by atoms with E-state index in [0.29, 0.717) is 0 Å². The first kappa shape index (κ1) is 13.1. The van der Waals surface area contributed by atoms with E-state index in [-0.39, 0.29) is 0 Å². The lowest BCUT2D eigenvalue weighted by Gasteiger charge is -2.15. The Balaban J connectivity index is 3.47. The quantitative estimate of drug-likeness (QED) is 0.540. The number of hydrogen-bond donors (Lipinski definition) is 0. The van der Waals surface area contributed by atoms with E-state index in [1.54, 1.807) is 0 Å². The van der Waals surface area contributed by atoms with Gasteiger partial charge in [-0.3, -0.25) is 0 Å². The molecule has 0 N–H and O–H groups in total. The van der Waals surface area contributed by atoms with Gasteiger partial charge in [-0.25, -0.2) is 0 Å². The lowest BCUT2D eigenvalue weighted by atomic mass is 10.5. The first-order valence-electron chi connectivity index (χ1n) is 5.19. The van der Waals surface area contributed by atoms with Crippen LogP contribution in [-0.2, 0) is 13.3 Å². The summed E-state index contributed by atoms with van der Waals surface area (Å²) in [6.07, 6.45) is 3.07. The molecule has 0 aliphatic heterocycles. The Bertz CT molecular complexity index is 81.8. The van der Waals surface area contributed by atoms with Gasteiger partial charge in [0, 0.05) is 19.8 Å². The van der Waals surface area contributed by atoms with Gasteiger partial charge in [0.1, 0.15) is 0 Å². The van der Waals surface area contributed by atoms with Gasteiger partial charge in [0.05, 0.1) is 0 Å². The van der Waals surface area contributed by atoms with Gasteiger partial charge in [0.2, 0.25) is 0 Å². The van der Waals surface area contributed by atoms with Crippen LogP contribution < -0.4 is 0 Å². The number of hydrogen-bond acceptors (Lipinski definition) is 3. The molecule has 0 amide bonds. The Hall–Kier alpha value is 0.0969. The third kappa shape index (κ3) is 8.43. The lowest BCUT2D eigenvalue weighted by Crippen LogP contribution is -2.28. The highest BCUT2D eigenvalue weighted by Crippen LogP contribution is 1.96. The monoisotopic (exact) mass is 206 g/mol. The average molecular weight is 206 g/mol. The molecule has 0 aromatic heterocycles. The molecule has 0 bridgehead atoms. The molecule has 0 spiro atoms. The summed E-state index contributed by atoms with van der Waals surface area (Å²) in [5.74, 6) is 0. The zero-order valence-corrected chi connectivity index (χ0v) is 10.2. The largest absolute Gasteiger partial charge is 0.484 e. The molecule has 0 radical (unpaired) electrons. The van der Waals surface area contributed by atoms with Crippen LogP contribution in [-0.4, -0.2) is 29.3 Å². The predicted octanol–water partition coefficient (Wildman–Crippen LogP) is 1.98. The molecule has 13 heavy (non-hydrogen) atoms. The smallest absolute Gasteiger partial charge is 0.376 e. The van der Waals surface area contributed by atoms with Crippen molar-refractivity contribution in [2.45, 2.75) is 40.0 Å². The van der Waals surface area contributed by atoms with Gasteiger partial charge >= 0.3 is 9.53 Å². The van der Waals surface area contributed by atoms with Crippen LogP contribution in [0.1, 0.15) is 40.0 Å². The van der Waals surface area contributed by atoms with Gasteiger partial charge in [-0.1, -0.05) is 20.8 Å². The van der Waals surface area contributed by atoms with Crippen LogP contribution in [0.3, 0.4) is 0 Å². The minimum Gasteiger partial charge on any atom is -0.376 e. The summed E-state index contributed by atoms with van der Waals surface area (Å²) in [6.45, 7) is 8.53. The van der Waals surface area contributed by atoms with Crippen molar-refractivity contribution in [1.29, 1.82) is 0 Å². The summed E-state index contributed by atoms with van der Waals surface area (Å²) in [6, 6.07) is 0. The molecule has 0 aliphatic rings. The normalized spacial score (nSPS) is 11.1. The van der Waals surface area contributed by atoms with Crippen LogP contribution in [0, 0.1) is 0 Å². The van der Waals surface area contributed by atoms with E-state index >= 15 is 0 Å². The van der Waals surface area contributed by atoms with Crippen molar-refractivity contribution < 1.29 is 13.3 Å². The molecule has 0 saturated carbocycles. The zero-order chi connectivity index (χ0) is 9.94. The Kier molecular flexibility index (Phi) is 10.3. The first-order chi connectivity index (χ1) is 6.35. The SMILES string of the molecule is CCCO[SiH](OCCC)OCCC. The van der Waals surface area contributed by atoms with Crippen molar-refractivity contribution in [1.82, 2.24) is 0 Å². The summed E-state index contributed by atoms with van der Waals surface area (Å²) in [5, 5.41) is 0. The van der Waals surface area contributed by atoms with Crippen molar-refractivity contribution >= 4 is 9.53 Å². The standard InChI is InChI=1S/C9H22O3Si/c1-4-7-10-13(11-8-5-2)12-9-6-3/h13H,4-9H2,1-3H3. The highest BCUT2D eigenvalue weighted by atomic mass is 28.3. The minimum atomic E-state index is -1.79. The molecule has 0 saturated heterocycles. The van der Waals surface area contributed by atoms with Crippen LogP contribution in [0.15, 0.2) is 0 Å². The van der Waals surface area contributed by atoms with Crippen LogP contribution >= 0.6 is 0 Å². The molecule has 0 aromatic carbocycles. The van der Waals surface area contributed by atoms with Crippen molar-refractivity contribution in [3.63, 3.8) is 0 Å².